The van der Waals surface area contributed by atoms with Crippen LogP contribution in [0, 0.1) is 5.92 Å². The van der Waals surface area contributed by atoms with Gasteiger partial charge in [0.2, 0.25) is 0 Å². The van der Waals surface area contributed by atoms with E-state index in [0.29, 0.717) is 10.8 Å². The maximum atomic E-state index is 12.1. The molecule has 1 aromatic rings. The SMILES string of the molecule is CC(Oc1cccc(Cl)c1)C(=O)NC(CC(=O)O)C(C)C. The zero-order chi connectivity index (χ0) is 16.0. The van der Waals surface area contributed by atoms with E-state index in [4.69, 9.17) is 21.4 Å². The number of carboxylic acid groups (broad SMARTS) is 1. The van der Waals surface area contributed by atoms with Gasteiger partial charge in [0, 0.05) is 11.1 Å². The second kappa shape index (κ2) is 7.88. The lowest BCUT2D eigenvalue weighted by Gasteiger charge is -2.23. The average Bonchev–Trinajstić information content (AvgIpc) is 2.37. The second-order valence-corrected chi connectivity index (χ2v) is 5.61. The van der Waals surface area contributed by atoms with Crippen LogP contribution in [0.5, 0.6) is 5.75 Å². The molecule has 0 aliphatic heterocycles. The van der Waals surface area contributed by atoms with Gasteiger partial charge in [-0.3, -0.25) is 9.59 Å². The molecule has 21 heavy (non-hydrogen) atoms. The number of aliphatic carboxylic acids is 1. The van der Waals surface area contributed by atoms with E-state index in [-0.39, 0.29) is 18.2 Å². The van der Waals surface area contributed by atoms with Crippen LogP contribution in [0.4, 0.5) is 0 Å². The third-order valence-electron chi connectivity index (χ3n) is 3.01. The fourth-order valence-electron chi connectivity index (χ4n) is 1.74. The number of hydrogen-bond donors (Lipinski definition) is 2. The summed E-state index contributed by atoms with van der Waals surface area (Å²) >= 11 is 5.85. The van der Waals surface area contributed by atoms with Crippen LogP contribution in [-0.2, 0) is 9.59 Å². The molecule has 0 saturated carbocycles. The van der Waals surface area contributed by atoms with Gasteiger partial charge in [-0.2, -0.15) is 0 Å². The summed E-state index contributed by atoms with van der Waals surface area (Å²) in [5, 5.41) is 12.1. The van der Waals surface area contributed by atoms with Crippen molar-refractivity contribution in [2.75, 3.05) is 0 Å². The molecular formula is C15H20ClNO4. The fourth-order valence-corrected chi connectivity index (χ4v) is 1.92. The lowest BCUT2D eigenvalue weighted by Crippen LogP contribution is -2.45. The van der Waals surface area contributed by atoms with Gasteiger partial charge in [0.15, 0.2) is 6.10 Å². The van der Waals surface area contributed by atoms with E-state index in [9.17, 15) is 9.59 Å². The minimum atomic E-state index is -0.947. The largest absolute Gasteiger partial charge is 0.481 e. The number of carbonyl (C=O) groups excluding carboxylic acids is 1. The monoisotopic (exact) mass is 313 g/mol. The van der Waals surface area contributed by atoms with Gasteiger partial charge in [0.05, 0.1) is 6.42 Å². The quantitative estimate of drug-likeness (QED) is 0.811. The lowest BCUT2D eigenvalue weighted by atomic mass is 10.0. The van der Waals surface area contributed by atoms with Crippen LogP contribution in [0.1, 0.15) is 27.2 Å². The maximum absolute atomic E-state index is 12.1. The molecule has 0 aliphatic rings. The molecule has 0 fully saturated rings. The normalized spacial score (nSPS) is 13.6. The predicted molar refractivity (Wildman–Crippen MR) is 80.6 cm³/mol. The highest BCUT2D eigenvalue weighted by molar-refractivity contribution is 6.30. The van der Waals surface area contributed by atoms with Gasteiger partial charge in [-0.15, -0.1) is 0 Å². The number of carboxylic acids is 1. The molecule has 6 heteroatoms. The Morgan fingerprint density at radius 1 is 1.33 bits per heavy atom. The van der Waals surface area contributed by atoms with Crippen molar-refractivity contribution in [2.24, 2.45) is 5.92 Å². The first kappa shape index (κ1) is 17.3. The third-order valence-corrected chi connectivity index (χ3v) is 3.24. The van der Waals surface area contributed by atoms with Gasteiger partial charge in [-0.25, -0.2) is 0 Å². The Balaban J connectivity index is 2.62. The highest BCUT2D eigenvalue weighted by Gasteiger charge is 2.23. The van der Waals surface area contributed by atoms with Crippen LogP contribution >= 0.6 is 11.6 Å². The first-order valence-electron chi connectivity index (χ1n) is 6.74. The topological polar surface area (TPSA) is 75.6 Å². The maximum Gasteiger partial charge on any atom is 0.305 e. The highest BCUT2D eigenvalue weighted by Crippen LogP contribution is 2.18. The molecule has 0 aliphatic carbocycles. The van der Waals surface area contributed by atoms with Crippen molar-refractivity contribution in [3.8, 4) is 5.75 Å². The Kier molecular flexibility index (Phi) is 6.49. The van der Waals surface area contributed by atoms with Crippen molar-refractivity contribution in [1.29, 1.82) is 0 Å². The first-order chi connectivity index (χ1) is 9.79. The van der Waals surface area contributed by atoms with Crippen LogP contribution < -0.4 is 10.1 Å². The van der Waals surface area contributed by atoms with E-state index >= 15 is 0 Å². The van der Waals surface area contributed by atoms with Crippen molar-refractivity contribution in [3.63, 3.8) is 0 Å². The molecule has 0 aromatic heterocycles. The van der Waals surface area contributed by atoms with Gasteiger partial charge in [0.25, 0.3) is 5.91 Å². The summed E-state index contributed by atoms with van der Waals surface area (Å²) < 4.78 is 5.50. The van der Waals surface area contributed by atoms with Crippen molar-refractivity contribution in [3.05, 3.63) is 29.3 Å². The molecule has 1 amide bonds. The average molecular weight is 314 g/mol. The highest BCUT2D eigenvalue weighted by atomic mass is 35.5. The number of halogens is 1. The van der Waals surface area contributed by atoms with Gasteiger partial charge < -0.3 is 15.2 Å². The molecule has 1 aromatic carbocycles. The Hall–Kier alpha value is -1.75. The number of benzene rings is 1. The Morgan fingerprint density at radius 2 is 2.00 bits per heavy atom. The van der Waals surface area contributed by atoms with Crippen molar-refractivity contribution in [1.82, 2.24) is 5.32 Å². The Morgan fingerprint density at radius 3 is 2.52 bits per heavy atom. The fraction of sp³-hybridized carbons (Fsp3) is 0.467. The molecule has 0 spiro atoms. The summed E-state index contributed by atoms with van der Waals surface area (Å²) in [5.74, 6) is -0.791. The molecule has 0 heterocycles. The molecule has 0 radical (unpaired) electrons. The summed E-state index contributed by atoms with van der Waals surface area (Å²) in [7, 11) is 0. The van der Waals surface area contributed by atoms with E-state index in [1.807, 2.05) is 13.8 Å². The summed E-state index contributed by atoms with van der Waals surface area (Å²) in [6, 6.07) is 6.32. The lowest BCUT2D eigenvalue weighted by molar-refractivity contribution is -0.138. The smallest absolute Gasteiger partial charge is 0.305 e. The molecule has 2 N–H and O–H groups in total. The number of hydrogen-bond acceptors (Lipinski definition) is 3. The van der Waals surface area contributed by atoms with E-state index in [0.717, 1.165) is 0 Å². The minimum Gasteiger partial charge on any atom is -0.481 e. The molecule has 5 nitrogen and oxygen atoms in total. The number of rotatable bonds is 7. The molecule has 2 unspecified atom stereocenters. The molecule has 1 rings (SSSR count). The molecule has 0 bridgehead atoms. The molecule has 2 atom stereocenters. The summed E-state index contributed by atoms with van der Waals surface area (Å²) in [5.41, 5.74) is 0. The van der Waals surface area contributed by atoms with Crippen LogP contribution in [-0.4, -0.2) is 29.1 Å². The Labute approximate surface area is 129 Å². The number of amides is 1. The van der Waals surface area contributed by atoms with E-state index in [1.54, 1.807) is 31.2 Å². The summed E-state index contributed by atoms with van der Waals surface area (Å²) in [6.45, 7) is 5.32. The van der Waals surface area contributed by atoms with E-state index in [2.05, 4.69) is 5.32 Å². The van der Waals surface area contributed by atoms with Crippen molar-refractivity contribution < 1.29 is 19.4 Å². The number of ether oxygens (including phenoxy) is 1. The standard InChI is InChI=1S/C15H20ClNO4/c1-9(2)13(8-14(18)19)17-15(20)10(3)21-12-6-4-5-11(16)7-12/h4-7,9-10,13H,8H2,1-3H3,(H,17,20)(H,18,19). The molecule has 0 saturated heterocycles. The van der Waals surface area contributed by atoms with Crippen molar-refractivity contribution >= 4 is 23.5 Å². The second-order valence-electron chi connectivity index (χ2n) is 5.17. The van der Waals surface area contributed by atoms with Gasteiger partial charge in [0.1, 0.15) is 5.75 Å². The zero-order valence-electron chi connectivity index (χ0n) is 12.3. The zero-order valence-corrected chi connectivity index (χ0v) is 13.1. The van der Waals surface area contributed by atoms with Gasteiger partial charge in [-0.1, -0.05) is 31.5 Å². The minimum absolute atomic E-state index is 0.0171. The Bertz CT molecular complexity index is 504. The first-order valence-corrected chi connectivity index (χ1v) is 7.11. The van der Waals surface area contributed by atoms with Crippen LogP contribution in [0.15, 0.2) is 24.3 Å². The number of nitrogens with one attached hydrogen (secondary N) is 1. The predicted octanol–water partition coefficient (Wildman–Crippen LogP) is 2.72. The van der Waals surface area contributed by atoms with E-state index < -0.39 is 18.1 Å². The van der Waals surface area contributed by atoms with Crippen LogP contribution in [0.2, 0.25) is 5.02 Å². The number of carbonyl (C=O) groups is 2. The van der Waals surface area contributed by atoms with E-state index in [1.165, 1.54) is 0 Å². The van der Waals surface area contributed by atoms with Crippen molar-refractivity contribution in [2.45, 2.75) is 39.3 Å². The van der Waals surface area contributed by atoms with Gasteiger partial charge in [-0.05, 0) is 31.0 Å². The summed E-state index contributed by atoms with van der Waals surface area (Å²) in [4.78, 5) is 22.9. The summed E-state index contributed by atoms with van der Waals surface area (Å²) in [6.07, 6.45) is -0.855. The third kappa shape index (κ3) is 6.04. The van der Waals surface area contributed by atoms with Crippen LogP contribution in [0.3, 0.4) is 0 Å². The van der Waals surface area contributed by atoms with Crippen LogP contribution in [0.25, 0.3) is 0 Å². The van der Waals surface area contributed by atoms with Gasteiger partial charge >= 0.3 is 5.97 Å². The molecule has 116 valence electrons. The molecular weight excluding hydrogens is 294 g/mol.